The minimum atomic E-state index is -0.596. The number of aromatic nitrogens is 4. The van der Waals surface area contributed by atoms with Gasteiger partial charge in [0.25, 0.3) is 5.91 Å². The zero-order valence-electron chi connectivity index (χ0n) is 14.8. The fourth-order valence-electron chi connectivity index (χ4n) is 2.27. The van der Waals surface area contributed by atoms with Crippen LogP contribution in [-0.2, 0) is 6.42 Å². The molecule has 0 saturated carbocycles. The van der Waals surface area contributed by atoms with Crippen LogP contribution in [0.15, 0.2) is 41.3 Å². The summed E-state index contributed by atoms with van der Waals surface area (Å²) in [6.45, 7) is 6.06. The first kappa shape index (κ1) is 17.9. The molecule has 0 aliphatic rings. The van der Waals surface area contributed by atoms with Crippen molar-refractivity contribution in [2.75, 3.05) is 5.32 Å². The van der Waals surface area contributed by atoms with E-state index in [1.807, 2.05) is 38.1 Å². The molecule has 0 atom stereocenters. The monoisotopic (exact) mass is 369 g/mol. The lowest BCUT2D eigenvalue weighted by molar-refractivity contribution is 0.101. The van der Waals surface area contributed by atoms with E-state index in [1.54, 1.807) is 6.20 Å². The zero-order chi connectivity index (χ0) is 18.7. The van der Waals surface area contributed by atoms with Gasteiger partial charge < -0.3 is 0 Å². The maximum atomic E-state index is 12.4. The van der Waals surface area contributed by atoms with Crippen molar-refractivity contribution in [2.45, 2.75) is 33.1 Å². The Hall–Kier alpha value is -2.87. The van der Waals surface area contributed by atoms with Crippen molar-refractivity contribution in [2.24, 2.45) is 0 Å². The topological polar surface area (TPSA) is 89.8 Å². The third kappa shape index (κ3) is 3.85. The van der Waals surface area contributed by atoms with Crippen LogP contribution in [0.4, 0.5) is 5.13 Å². The average Bonchev–Trinajstić information content (AvgIpc) is 3.11. The lowest BCUT2D eigenvalue weighted by Gasteiger charge is -2.07. The van der Waals surface area contributed by atoms with Crippen LogP contribution in [0.5, 0.6) is 0 Å². The van der Waals surface area contributed by atoms with Crippen molar-refractivity contribution < 1.29 is 4.79 Å². The lowest BCUT2D eigenvalue weighted by atomic mass is 10.1. The highest BCUT2D eigenvalue weighted by molar-refractivity contribution is 7.15. The summed E-state index contributed by atoms with van der Waals surface area (Å²) in [4.78, 5) is 24.5. The van der Waals surface area contributed by atoms with Crippen molar-refractivity contribution in [3.63, 3.8) is 0 Å². The maximum Gasteiger partial charge on any atom is 0.282 e. The molecule has 0 spiro atoms. The summed E-state index contributed by atoms with van der Waals surface area (Å²) >= 11 is 1.28. The second-order valence-corrected chi connectivity index (χ2v) is 7.06. The highest BCUT2D eigenvalue weighted by Crippen LogP contribution is 2.22. The highest BCUT2D eigenvalue weighted by atomic mass is 32.1. The SMILES string of the molecule is CCc1ccc(-n2ccc(=O)c(C(=O)Nc3nnc(C(C)C)s3)n2)cc1. The third-order valence-corrected chi connectivity index (χ3v) is 4.93. The maximum absolute atomic E-state index is 12.4. The first-order valence-corrected chi connectivity index (χ1v) is 9.13. The summed E-state index contributed by atoms with van der Waals surface area (Å²) in [5, 5.41) is 15.9. The molecule has 0 fully saturated rings. The number of amides is 1. The molecule has 0 aliphatic heterocycles. The molecular formula is C18H19N5O2S. The van der Waals surface area contributed by atoms with E-state index in [9.17, 15) is 9.59 Å². The molecule has 26 heavy (non-hydrogen) atoms. The molecule has 1 aromatic carbocycles. The fraction of sp³-hybridized carbons (Fsp3) is 0.278. The van der Waals surface area contributed by atoms with Crippen LogP contribution in [-0.4, -0.2) is 25.9 Å². The van der Waals surface area contributed by atoms with Crippen LogP contribution in [0.2, 0.25) is 0 Å². The summed E-state index contributed by atoms with van der Waals surface area (Å²) in [6, 6.07) is 9.11. The van der Waals surface area contributed by atoms with Crippen LogP contribution < -0.4 is 10.7 Å². The first-order valence-electron chi connectivity index (χ1n) is 8.32. The van der Waals surface area contributed by atoms with Gasteiger partial charge in [0, 0.05) is 18.2 Å². The standard InChI is InChI=1S/C18H19N5O2S/c1-4-12-5-7-13(8-6-12)23-10-9-14(24)15(22-23)16(25)19-18-21-20-17(26-18)11(2)3/h5-11H,4H2,1-3H3,(H,19,21,25). The lowest BCUT2D eigenvalue weighted by Crippen LogP contribution is -2.25. The van der Waals surface area contributed by atoms with Crippen LogP contribution in [0, 0.1) is 0 Å². The van der Waals surface area contributed by atoms with Crippen molar-refractivity contribution in [3.05, 3.63) is 63.0 Å². The fourth-order valence-corrected chi connectivity index (χ4v) is 3.01. The molecule has 0 aliphatic carbocycles. The van der Waals surface area contributed by atoms with Gasteiger partial charge in [-0.2, -0.15) is 5.10 Å². The number of carbonyl (C=O) groups excluding carboxylic acids is 1. The van der Waals surface area contributed by atoms with Gasteiger partial charge in [-0.3, -0.25) is 14.9 Å². The Morgan fingerprint density at radius 2 is 1.92 bits per heavy atom. The molecule has 3 aromatic rings. The van der Waals surface area contributed by atoms with Crippen LogP contribution in [0.3, 0.4) is 0 Å². The molecule has 0 unspecified atom stereocenters. The molecule has 2 aromatic heterocycles. The summed E-state index contributed by atoms with van der Waals surface area (Å²) in [6.07, 6.45) is 2.48. The summed E-state index contributed by atoms with van der Waals surface area (Å²) < 4.78 is 1.51. The second-order valence-electron chi connectivity index (χ2n) is 6.05. The highest BCUT2D eigenvalue weighted by Gasteiger charge is 2.16. The molecule has 0 radical (unpaired) electrons. The normalized spacial score (nSPS) is 10.9. The van der Waals surface area contributed by atoms with Crippen molar-refractivity contribution >= 4 is 22.4 Å². The van der Waals surface area contributed by atoms with Crippen molar-refractivity contribution in [1.29, 1.82) is 0 Å². The predicted octanol–water partition coefficient (Wildman–Crippen LogP) is 3.02. The largest absolute Gasteiger partial charge is 0.295 e. The number of benzene rings is 1. The molecule has 1 N–H and O–H groups in total. The van der Waals surface area contributed by atoms with Gasteiger partial charge in [-0.15, -0.1) is 10.2 Å². The number of hydrogen-bond acceptors (Lipinski definition) is 6. The van der Waals surface area contributed by atoms with Gasteiger partial charge in [-0.1, -0.05) is 44.2 Å². The molecule has 2 heterocycles. The molecule has 1 amide bonds. The predicted molar refractivity (Wildman–Crippen MR) is 101 cm³/mol. The number of nitrogens with one attached hydrogen (secondary N) is 1. The van der Waals surface area contributed by atoms with E-state index in [2.05, 4.69) is 27.5 Å². The van der Waals surface area contributed by atoms with E-state index >= 15 is 0 Å². The summed E-state index contributed by atoms with van der Waals surface area (Å²) in [7, 11) is 0. The van der Waals surface area contributed by atoms with E-state index in [0.717, 1.165) is 17.1 Å². The Labute approximate surface area is 154 Å². The number of rotatable bonds is 5. The number of hydrogen-bond donors (Lipinski definition) is 1. The molecule has 134 valence electrons. The first-order chi connectivity index (χ1) is 12.5. The van der Waals surface area contributed by atoms with Gasteiger partial charge in [0.1, 0.15) is 5.01 Å². The third-order valence-electron chi connectivity index (χ3n) is 3.79. The summed E-state index contributed by atoms with van der Waals surface area (Å²) in [5.74, 6) is -0.377. The van der Waals surface area contributed by atoms with E-state index in [-0.39, 0.29) is 11.6 Å². The van der Waals surface area contributed by atoms with Gasteiger partial charge in [0.05, 0.1) is 5.69 Å². The molecule has 0 saturated heterocycles. The van der Waals surface area contributed by atoms with Gasteiger partial charge >= 0.3 is 0 Å². The Bertz CT molecular complexity index is 976. The van der Waals surface area contributed by atoms with E-state index in [1.165, 1.54) is 27.6 Å². The Balaban J connectivity index is 1.86. The van der Waals surface area contributed by atoms with Crippen LogP contribution in [0.25, 0.3) is 5.69 Å². The minimum Gasteiger partial charge on any atom is -0.295 e. The number of nitrogens with zero attached hydrogens (tertiary/aromatic N) is 4. The summed E-state index contributed by atoms with van der Waals surface area (Å²) in [5.41, 5.74) is 1.34. The quantitative estimate of drug-likeness (QED) is 0.747. The number of anilines is 1. The Morgan fingerprint density at radius 3 is 2.54 bits per heavy atom. The van der Waals surface area contributed by atoms with E-state index in [0.29, 0.717) is 5.13 Å². The van der Waals surface area contributed by atoms with Gasteiger partial charge in [0.15, 0.2) is 5.69 Å². The Morgan fingerprint density at radius 1 is 1.19 bits per heavy atom. The van der Waals surface area contributed by atoms with E-state index in [4.69, 9.17) is 0 Å². The molecule has 7 nitrogen and oxygen atoms in total. The van der Waals surface area contributed by atoms with Gasteiger partial charge in [0.2, 0.25) is 10.6 Å². The molecule has 3 rings (SSSR count). The Kier molecular flexibility index (Phi) is 5.22. The molecule has 8 heteroatoms. The van der Waals surface area contributed by atoms with E-state index < -0.39 is 11.3 Å². The van der Waals surface area contributed by atoms with Crippen molar-refractivity contribution in [1.82, 2.24) is 20.0 Å². The van der Waals surface area contributed by atoms with Crippen LogP contribution >= 0.6 is 11.3 Å². The zero-order valence-corrected chi connectivity index (χ0v) is 15.6. The molecule has 0 bridgehead atoms. The number of carbonyl (C=O) groups is 1. The minimum absolute atomic E-state index is 0.187. The average molecular weight is 369 g/mol. The van der Waals surface area contributed by atoms with Crippen molar-refractivity contribution in [3.8, 4) is 5.69 Å². The van der Waals surface area contributed by atoms with Gasteiger partial charge in [-0.05, 0) is 24.1 Å². The number of aryl methyl sites for hydroxylation is 1. The smallest absolute Gasteiger partial charge is 0.282 e. The molecular weight excluding hydrogens is 350 g/mol. The second kappa shape index (κ2) is 7.57. The van der Waals surface area contributed by atoms with Gasteiger partial charge in [-0.25, -0.2) is 4.68 Å². The van der Waals surface area contributed by atoms with Crippen LogP contribution in [0.1, 0.15) is 47.7 Å².